The molecule has 0 aliphatic carbocycles. The van der Waals surface area contributed by atoms with Crippen molar-refractivity contribution in [1.82, 2.24) is 20.3 Å². The maximum atomic E-state index is 12.5. The zero-order chi connectivity index (χ0) is 18.5. The van der Waals surface area contributed by atoms with Gasteiger partial charge in [0.2, 0.25) is 5.95 Å². The summed E-state index contributed by atoms with van der Waals surface area (Å²) in [6.45, 7) is 1.63. The molecule has 5 N–H and O–H groups in total. The van der Waals surface area contributed by atoms with Crippen LogP contribution in [0.1, 0.15) is 27.7 Å². The van der Waals surface area contributed by atoms with E-state index in [1.807, 2.05) is 42.7 Å². The number of aliphatic hydroxyl groups excluding tert-OH is 1. The number of nitrogens with one attached hydrogen (secondary N) is 3. The van der Waals surface area contributed by atoms with Crippen LogP contribution >= 0.6 is 0 Å². The minimum Gasteiger partial charge on any atom is -0.394 e. The van der Waals surface area contributed by atoms with Gasteiger partial charge in [-0.15, -0.1) is 0 Å². The van der Waals surface area contributed by atoms with Crippen molar-refractivity contribution >= 4 is 11.9 Å². The summed E-state index contributed by atoms with van der Waals surface area (Å²) in [5.41, 5.74) is 5.14. The van der Waals surface area contributed by atoms with Crippen LogP contribution < -0.4 is 10.8 Å². The van der Waals surface area contributed by atoms with Gasteiger partial charge in [0.25, 0.3) is 5.91 Å². The van der Waals surface area contributed by atoms with Crippen LogP contribution in [0, 0.1) is 6.92 Å². The van der Waals surface area contributed by atoms with Crippen LogP contribution in [0.5, 0.6) is 0 Å². The number of aliphatic hydroxyl groups is 1. The van der Waals surface area contributed by atoms with Crippen LogP contribution in [0.3, 0.4) is 0 Å². The number of aromatic nitrogens is 3. The highest BCUT2D eigenvalue weighted by Gasteiger charge is 2.17. The third kappa shape index (κ3) is 3.71. The van der Waals surface area contributed by atoms with Crippen molar-refractivity contribution in [2.24, 2.45) is 0 Å². The fourth-order valence-electron chi connectivity index (χ4n) is 2.61. The first kappa shape index (κ1) is 17.6. The van der Waals surface area contributed by atoms with Gasteiger partial charge in [0.1, 0.15) is 5.69 Å². The predicted octanol–water partition coefficient (Wildman–Crippen LogP) is 2.04. The Labute approximate surface area is 149 Å². The van der Waals surface area contributed by atoms with Crippen molar-refractivity contribution < 1.29 is 15.1 Å². The van der Waals surface area contributed by atoms with Crippen molar-refractivity contribution in [3.63, 3.8) is 0 Å². The van der Waals surface area contributed by atoms with E-state index < -0.39 is 6.04 Å². The predicted molar refractivity (Wildman–Crippen MR) is 95.7 cm³/mol. The number of hydrogen-bond donors (Lipinski definition) is 5. The lowest BCUT2D eigenvalue weighted by Gasteiger charge is -2.16. The molecule has 0 saturated carbocycles. The molecule has 0 saturated heterocycles. The monoisotopic (exact) mass is 353 g/mol. The SMILES string of the molecule is Cc1cnc(NO)nc1-c1c[nH]c(C(=O)N[C@H](CO)c2ccccc2)c1. The number of hydrogen-bond acceptors (Lipinski definition) is 6. The highest BCUT2D eigenvalue weighted by molar-refractivity contribution is 5.94. The molecule has 8 nitrogen and oxygen atoms in total. The first-order valence-corrected chi connectivity index (χ1v) is 8.01. The molecule has 8 heteroatoms. The van der Waals surface area contributed by atoms with Gasteiger partial charge in [-0.2, -0.15) is 0 Å². The van der Waals surface area contributed by atoms with Gasteiger partial charge in [0, 0.05) is 18.0 Å². The number of anilines is 1. The highest BCUT2D eigenvalue weighted by Crippen LogP contribution is 2.23. The van der Waals surface area contributed by atoms with E-state index in [-0.39, 0.29) is 18.5 Å². The molecule has 134 valence electrons. The molecule has 1 atom stereocenters. The molecule has 2 aromatic heterocycles. The second-order valence-corrected chi connectivity index (χ2v) is 5.76. The number of aryl methyl sites for hydroxylation is 1. The molecule has 2 heterocycles. The summed E-state index contributed by atoms with van der Waals surface area (Å²) in [4.78, 5) is 23.5. The molecule has 0 unspecified atom stereocenters. The second kappa shape index (κ2) is 7.77. The lowest BCUT2D eigenvalue weighted by molar-refractivity contribution is 0.0912. The van der Waals surface area contributed by atoms with Gasteiger partial charge in [-0.3, -0.25) is 10.0 Å². The number of rotatable bonds is 6. The van der Waals surface area contributed by atoms with Crippen LogP contribution in [0.15, 0.2) is 48.8 Å². The number of carbonyl (C=O) groups excluding carboxylic acids is 1. The van der Waals surface area contributed by atoms with E-state index in [1.54, 1.807) is 18.5 Å². The lowest BCUT2D eigenvalue weighted by atomic mass is 10.1. The van der Waals surface area contributed by atoms with Gasteiger partial charge in [-0.25, -0.2) is 15.4 Å². The third-order valence-electron chi connectivity index (χ3n) is 3.96. The highest BCUT2D eigenvalue weighted by atomic mass is 16.5. The molecule has 3 rings (SSSR count). The van der Waals surface area contributed by atoms with Crippen LogP contribution in [-0.4, -0.2) is 37.8 Å². The van der Waals surface area contributed by atoms with E-state index in [0.717, 1.165) is 11.1 Å². The Morgan fingerprint density at radius 2 is 2.08 bits per heavy atom. The molecule has 0 spiro atoms. The van der Waals surface area contributed by atoms with E-state index in [2.05, 4.69) is 20.3 Å². The van der Waals surface area contributed by atoms with Crippen LogP contribution in [0.2, 0.25) is 0 Å². The summed E-state index contributed by atoms with van der Waals surface area (Å²) in [5.74, 6) is -0.270. The summed E-state index contributed by atoms with van der Waals surface area (Å²) in [6.07, 6.45) is 3.23. The third-order valence-corrected chi connectivity index (χ3v) is 3.96. The summed E-state index contributed by atoms with van der Waals surface area (Å²) in [6, 6.07) is 10.4. The first-order valence-electron chi connectivity index (χ1n) is 8.01. The van der Waals surface area contributed by atoms with Gasteiger partial charge < -0.3 is 15.4 Å². The smallest absolute Gasteiger partial charge is 0.268 e. The van der Waals surface area contributed by atoms with E-state index in [1.165, 1.54) is 0 Å². The zero-order valence-corrected chi connectivity index (χ0v) is 14.1. The fourth-order valence-corrected chi connectivity index (χ4v) is 2.61. The largest absolute Gasteiger partial charge is 0.394 e. The van der Waals surface area contributed by atoms with Crippen molar-refractivity contribution in [1.29, 1.82) is 0 Å². The molecule has 26 heavy (non-hydrogen) atoms. The molecule has 1 amide bonds. The molecular weight excluding hydrogens is 334 g/mol. The molecule has 0 radical (unpaired) electrons. The molecule has 0 aliphatic heterocycles. The van der Waals surface area contributed by atoms with E-state index >= 15 is 0 Å². The number of amides is 1. The van der Waals surface area contributed by atoms with Gasteiger partial charge in [0.15, 0.2) is 0 Å². The minimum absolute atomic E-state index is 0.0715. The number of carbonyl (C=O) groups is 1. The number of benzene rings is 1. The number of aromatic amines is 1. The first-order chi connectivity index (χ1) is 12.6. The molecule has 0 fully saturated rings. The summed E-state index contributed by atoms with van der Waals surface area (Å²) in [5, 5.41) is 21.3. The van der Waals surface area contributed by atoms with E-state index in [4.69, 9.17) is 5.21 Å². The zero-order valence-electron chi connectivity index (χ0n) is 14.1. The van der Waals surface area contributed by atoms with Gasteiger partial charge >= 0.3 is 0 Å². The van der Waals surface area contributed by atoms with Gasteiger partial charge in [-0.05, 0) is 24.1 Å². The van der Waals surface area contributed by atoms with Crippen molar-refractivity contribution in [2.75, 3.05) is 12.1 Å². The quantitative estimate of drug-likeness (QED) is 0.432. The Kier molecular flexibility index (Phi) is 5.26. The Hall–Kier alpha value is -3.23. The van der Waals surface area contributed by atoms with Crippen LogP contribution in [0.25, 0.3) is 11.3 Å². The van der Waals surface area contributed by atoms with E-state index in [0.29, 0.717) is 17.0 Å². The standard InChI is InChI=1S/C18H19N5O3/c1-11-8-20-18(23-26)22-16(11)13-7-14(19-9-13)17(25)21-15(10-24)12-5-3-2-4-6-12/h2-9,15,19,24,26H,10H2,1H3,(H,21,25)(H,20,22,23)/t15-/m1/s1. The van der Waals surface area contributed by atoms with Crippen LogP contribution in [-0.2, 0) is 0 Å². The topological polar surface area (TPSA) is 123 Å². The Bertz CT molecular complexity index is 895. The summed E-state index contributed by atoms with van der Waals surface area (Å²) >= 11 is 0. The van der Waals surface area contributed by atoms with Gasteiger partial charge in [-0.1, -0.05) is 30.3 Å². The number of nitrogens with zero attached hydrogens (tertiary/aromatic N) is 2. The van der Waals surface area contributed by atoms with Crippen molar-refractivity contribution in [3.8, 4) is 11.3 Å². The summed E-state index contributed by atoms with van der Waals surface area (Å²) in [7, 11) is 0. The molecule has 0 aliphatic rings. The molecule has 0 bridgehead atoms. The Balaban J connectivity index is 1.80. The number of H-pyrrole nitrogens is 1. The lowest BCUT2D eigenvalue weighted by Crippen LogP contribution is -2.30. The Morgan fingerprint density at radius 1 is 1.31 bits per heavy atom. The average molecular weight is 353 g/mol. The molecular formula is C18H19N5O3. The Morgan fingerprint density at radius 3 is 2.77 bits per heavy atom. The van der Waals surface area contributed by atoms with E-state index in [9.17, 15) is 9.90 Å². The molecule has 3 aromatic rings. The molecule has 1 aromatic carbocycles. The van der Waals surface area contributed by atoms with Crippen molar-refractivity contribution in [2.45, 2.75) is 13.0 Å². The minimum atomic E-state index is -0.499. The summed E-state index contributed by atoms with van der Waals surface area (Å²) < 4.78 is 0. The van der Waals surface area contributed by atoms with Crippen LogP contribution in [0.4, 0.5) is 5.95 Å². The average Bonchev–Trinajstić information content (AvgIpc) is 3.17. The van der Waals surface area contributed by atoms with Gasteiger partial charge in [0.05, 0.1) is 18.3 Å². The fraction of sp³-hybridized carbons (Fsp3) is 0.167. The second-order valence-electron chi connectivity index (χ2n) is 5.76. The van der Waals surface area contributed by atoms with Crippen molar-refractivity contribution in [3.05, 3.63) is 65.6 Å². The maximum Gasteiger partial charge on any atom is 0.268 e. The normalized spacial score (nSPS) is 11.8. The maximum absolute atomic E-state index is 12.5.